The van der Waals surface area contributed by atoms with Crippen LogP contribution in [0.1, 0.15) is 43.6 Å². The molecule has 0 aliphatic heterocycles. The maximum atomic E-state index is 5.93. The van der Waals surface area contributed by atoms with Crippen molar-refractivity contribution in [2.24, 2.45) is 0 Å². The molecule has 0 atom stereocenters. The quantitative estimate of drug-likeness (QED) is 0.715. The van der Waals surface area contributed by atoms with Gasteiger partial charge in [0.2, 0.25) is 0 Å². The van der Waals surface area contributed by atoms with Gasteiger partial charge in [-0.15, -0.1) is 0 Å². The standard InChI is InChI=1S/C11H17N3/c12-10-9(6-7-14-11(10)13)8-4-2-1-3-5-8/h6-8H,1-5,12H2,(H2,13,14). The van der Waals surface area contributed by atoms with Crippen molar-refractivity contribution in [1.29, 1.82) is 0 Å². The second-order valence-electron chi connectivity index (χ2n) is 4.03. The molecule has 76 valence electrons. The van der Waals surface area contributed by atoms with E-state index in [1.807, 2.05) is 6.07 Å². The van der Waals surface area contributed by atoms with Crippen LogP contribution in [-0.4, -0.2) is 4.98 Å². The second-order valence-corrected chi connectivity index (χ2v) is 4.03. The van der Waals surface area contributed by atoms with Crippen molar-refractivity contribution < 1.29 is 0 Å². The van der Waals surface area contributed by atoms with E-state index in [2.05, 4.69) is 4.98 Å². The van der Waals surface area contributed by atoms with E-state index in [1.165, 1.54) is 37.7 Å². The van der Waals surface area contributed by atoms with Gasteiger partial charge in [0, 0.05) is 6.20 Å². The lowest BCUT2D eigenvalue weighted by atomic mass is 9.84. The summed E-state index contributed by atoms with van der Waals surface area (Å²) in [6.45, 7) is 0. The van der Waals surface area contributed by atoms with Crippen LogP contribution in [0.5, 0.6) is 0 Å². The largest absolute Gasteiger partial charge is 0.396 e. The van der Waals surface area contributed by atoms with E-state index in [1.54, 1.807) is 6.20 Å². The minimum absolute atomic E-state index is 0.480. The number of rotatable bonds is 1. The third-order valence-corrected chi connectivity index (χ3v) is 3.10. The number of nitrogens with two attached hydrogens (primary N) is 2. The highest BCUT2D eigenvalue weighted by Gasteiger charge is 2.18. The molecule has 4 N–H and O–H groups in total. The Morgan fingerprint density at radius 2 is 1.86 bits per heavy atom. The fourth-order valence-electron chi connectivity index (χ4n) is 2.27. The molecule has 0 aromatic carbocycles. The molecule has 14 heavy (non-hydrogen) atoms. The van der Waals surface area contributed by atoms with Gasteiger partial charge in [-0.2, -0.15) is 0 Å². The molecular weight excluding hydrogens is 174 g/mol. The summed E-state index contributed by atoms with van der Waals surface area (Å²) in [5.41, 5.74) is 13.5. The normalized spacial score (nSPS) is 18.3. The predicted octanol–water partition coefficient (Wildman–Crippen LogP) is 2.29. The summed E-state index contributed by atoms with van der Waals surface area (Å²) in [4.78, 5) is 3.99. The Morgan fingerprint density at radius 3 is 2.57 bits per heavy atom. The number of nitrogens with zero attached hydrogens (tertiary/aromatic N) is 1. The van der Waals surface area contributed by atoms with Gasteiger partial charge in [0.15, 0.2) is 0 Å². The van der Waals surface area contributed by atoms with Crippen LogP contribution in [0.3, 0.4) is 0 Å². The molecule has 0 unspecified atom stereocenters. The molecule has 2 rings (SSSR count). The summed E-state index contributed by atoms with van der Waals surface area (Å²) in [5.74, 6) is 1.09. The van der Waals surface area contributed by atoms with Crippen molar-refractivity contribution in [3.63, 3.8) is 0 Å². The fourth-order valence-corrected chi connectivity index (χ4v) is 2.27. The van der Waals surface area contributed by atoms with E-state index >= 15 is 0 Å². The molecule has 1 heterocycles. The summed E-state index contributed by atoms with van der Waals surface area (Å²) in [6.07, 6.45) is 8.23. The summed E-state index contributed by atoms with van der Waals surface area (Å²) < 4.78 is 0. The topological polar surface area (TPSA) is 64.9 Å². The number of pyridine rings is 1. The second kappa shape index (κ2) is 3.86. The smallest absolute Gasteiger partial charge is 0.146 e. The zero-order valence-corrected chi connectivity index (χ0v) is 8.37. The van der Waals surface area contributed by atoms with Crippen LogP contribution in [-0.2, 0) is 0 Å². The molecule has 3 heteroatoms. The summed E-state index contributed by atoms with van der Waals surface area (Å²) >= 11 is 0. The highest BCUT2D eigenvalue weighted by molar-refractivity contribution is 5.63. The van der Waals surface area contributed by atoms with E-state index in [-0.39, 0.29) is 0 Å². The summed E-state index contributed by atoms with van der Waals surface area (Å²) in [6, 6.07) is 2.02. The van der Waals surface area contributed by atoms with Crippen LogP contribution in [0.4, 0.5) is 11.5 Å². The number of hydrogen-bond donors (Lipinski definition) is 2. The zero-order valence-electron chi connectivity index (χ0n) is 8.37. The molecule has 1 aliphatic carbocycles. The van der Waals surface area contributed by atoms with Crippen molar-refractivity contribution >= 4 is 11.5 Å². The van der Waals surface area contributed by atoms with Crippen LogP contribution in [0, 0.1) is 0 Å². The molecule has 1 fully saturated rings. The van der Waals surface area contributed by atoms with Crippen molar-refractivity contribution in [2.75, 3.05) is 11.5 Å². The highest BCUT2D eigenvalue weighted by Crippen LogP contribution is 2.36. The Morgan fingerprint density at radius 1 is 1.14 bits per heavy atom. The average Bonchev–Trinajstić information content (AvgIpc) is 2.23. The molecule has 1 aromatic heterocycles. The minimum atomic E-state index is 0.480. The van der Waals surface area contributed by atoms with Gasteiger partial charge in [0.1, 0.15) is 5.82 Å². The molecule has 0 bridgehead atoms. The lowest BCUT2D eigenvalue weighted by molar-refractivity contribution is 0.444. The van der Waals surface area contributed by atoms with Crippen LogP contribution in [0.15, 0.2) is 12.3 Å². The van der Waals surface area contributed by atoms with E-state index < -0.39 is 0 Å². The van der Waals surface area contributed by atoms with Crippen molar-refractivity contribution in [3.05, 3.63) is 17.8 Å². The van der Waals surface area contributed by atoms with E-state index in [0.717, 1.165) is 0 Å². The molecule has 1 aromatic rings. The summed E-state index contributed by atoms with van der Waals surface area (Å²) in [5, 5.41) is 0. The van der Waals surface area contributed by atoms with E-state index in [0.29, 0.717) is 17.4 Å². The number of nitrogen functional groups attached to an aromatic ring is 2. The first-order valence-electron chi connectivity index (χ1n) is 5.29. The fraction of sp³-hybridized carbons (Fsp3) is 0.545. The first kappa shape index (κ1) is 9.31. The van der Waals surface area contributed by atoms with Crippen molar-refractivity contribution in [3.8, 4) is 0 Å². The van der Waals surface area contributed by atoms with Crippen LogP contribution < -0.4 is 11.5 Å². The maximum Gasteiger partial charge on any atom is 0.146 e. The van der Waals surface area contributed by atoms with E-state index in [9.17, 15) is 0 Å². The van der Waals surface area contributed by atoms with Crippen molar-refractivity contribution in [1.82, 2.24) is 4.98 Å². The lowest BCUT2D eigenvalue weighted by Crippen LogP contribution is -2.09. The van der Waals surface area contributed by atoms with Gasteiger partial charge >= 0.3 is 0 Å². The van der Waals surface area contributed by atoms with Crippen LogP contribution in [0.2, 0.25) is 0 Å². The number of anilines is 2. The summed E-state index contributed by atoms with van der Waals surface area (Å²) in [7, 11) is 0. The first-order chi connectivity index (χ1) is 6.79. The molecule has 0 amide bonds. The predicted molar refractivity (Wildman–Crippen MR) is 58.9 cm³/mol. The Balaban J connectivity index is 2.26. The van der Waals surface area contributed by atoms with Gasteiger partial charge in [-0.1, -0.05) is 19.3 Å². The maximum absolute atomic E-state index is 5.93. The molecule has 1 aliphatic rings. The highest BCUT2D eigenvalue weighted by atomic mass is 14.9. The van der Waals surface area contributed by atoms with Gasteiger partial charge in [-0.3, -0.25) is 0 Å². The van der Waals surface area contributed by atoms with Gasteiger partial charge in [-0.25, -0.2) is 4.98 Å². The van der Waals surface area contributed by atoms with Gasteiger partial charge < -0.3 is 11.5 Å². The van der Waals surface area contributed by atoms with Crippen LogP contribution >= 0.6 is 0 Å². The van der Waals surface area contributed by atoms with Crippen molar-refractivity contribution in [2.45, 2.75) is 38.0 Å². The minimum Gasteiger partial charge on any atom is -0.396 e. The number of aromatic nitrogens is 1. The molecule has 0 saturated heterocycles. The Hall–Kier alpha value is -1.25. The van der Waals surface area contributed by atoms with Crippen LogP contribution in [0.25, 0.3) is 0 Å². The SMILES string of the molecule is Nc1nccc(C2CCCCC2)c1N. The molecular formula is C11H17N3. The Labute approximate surface area is 84.5 Å². The van der Waals surface area contributed by atoms with E-state index in [4.69, 9.17) is 11.5 Å². The lowest BCUT2D eigenvalue weighted by Gasteiger charge is -2.23. The zero-order chi connectivity index (χ0) is 9.97. The number of hydrogen-bond acceptors (Lipinski definition) is 3. The third kappa shape index (κ3) is 1.67. The van der Waals surface area contributed by atoms with Gasteiger partial charge in [0.05, 0.1) is 5.69 Å². The van der Waals surface area contributed by atoms with Gasteiger partial charge in [0.25, 0.3) is 0 Å². The first-order valence-corrected chi connectivity index (χ1v) is 5.29. The third-order valence-electron chi connectivity index (χ3n) is 3.10. The molecule has 3 nitrogen and oxygen atoms in total. The Kier molecular flexibility index (Phi) is 2.57. The van der Waals surface area contributed by atoms with Gasteiger partial charge in [-0.05, 0) is 30.4 Å². The Bertz CT molecular complexity index is 316. The monoisotopic (exact) mass is 191 g/mol. The average molecular weight is 191 g/mol. The molecule has 0 spiro atoms. The molecule has 1 saturated carbocycles. The molecule has 0 radical (unpaired) electrons.